The molecule has 0 saturated carbocycles. The van der Waals surface area contributed by atoms with Crippen molar-refractivity contribution in [1.29, 1.82) is 0 Å². The van der Waals surface area contributed by atoms with Crippen molar-refractivity contribution in [2.45, 2.75) is 25.4 Å². The van der Waals surface area contributed by atoms with Crippen LogP contribution in [0.1, 0.15) is 18.1 Å². The van der Waals surface area contributed by atoms with Gasteiger partial charge in [-0.25, -0.2) is 13.6 Å². The van der Waals surface area contributed by atoms with Crippen molar-refractivity contribution in [3.63, 3.8) is 0 Å². The standard InChI is InChI=1S/C22H21F5N4O3/c1-21(29-28-19(34-21)22(25,26)27)15-6-5-14(18(24)11-15)13-31(17-4-2-3-16(23)12-17)20(32)30-7-9-33-10-8-30/h2-6,11-12,29H,7-10,13H2,1H3. The first-order valence-corrected chi connectivity index (χ1v) is 10.4. The lowest BCUT2D eigenvalue weighted by molar-refractivity contribution is -0.0888. The van der Waals surface area contributed by atoms with E-state index < -0.39 is 35.5 Å². The Hall–Kier alpha value is -3.41. The van der Waals surface area contributed by atoms with Crippen LogP contribution in [0.4, 0.5) is 32.4 Å². The number of morpholine rings is 1. The molecule has 2 heterocycles. The number of urea groups is 1. The maximum atomic E-state index is 15.1. The molecular formula is C22H21F5N4O3. The van der Waals surface area contributed by atoms with E-state index in [4.69, 9.17) is 9.47 Å². The summed E-state index contributed by atoms with van der Waals surface area (Å²) in [7, 11) is 0. The lowest BCUT2D eigenvalue weighted by atomic mass is 10.0. The molecule has 0 radical (unpaired) electrons. The second-order valence-corrected chi connectivity index (χ2v) is 7.92. The Kier molecular flexibility index (Phi) is 6.34. The van der Waals surface area contributed by atoms with Crippen molar-refractivity contribution >= 4 is 17.6 Å². The van der Waals surface area contributed by atoms with E-state index in [1.807, 2.05) is 0 Å². The van der Waals surface area contributed by atoms with Gasteiger partial charge in [0.1, 0.15) is 11.6 Å². The minimum atomic E-state index is -4.80. The number of nitrogens with one attached hydrogen (secondary N) is 1. The predicted octanol–water partition coefficient (Wildman–Crippen LogP) is 4.09. The highest BCUT2D eigenvalue weighted by Gasteiger charge is 2.48. The molecule has 0 aliphatic carbocycles. The summed E-state index contributed by atoms with van der Waals surface area (Å²) >= 11 is 0. The van der Waals surface area contributed by atoms with E-state index >= 15 is 4.39 Å². The average molecular weight is 484 g/mol. The van der Waals surface area contributed by atoms with Gasteiger partial charge in [-0.05, 0) is 24.3 Å². The van der Waals surface area contributed by atoms with Crippen LogP contribution in [0, 0.1) is 11.6 Å². The molecule has 7 nitrogen and oxygen atoms in total. The molecule has 12 heteroatoms. The third-order valence-corrected chi connectivity index (χ3v) is 5.48. The Bertz CT molecular complexity index is 1100. The molecule has 4 rings (SSSR count). The number of carbonyl (C=O) groups excluding carboxylic acids is 1. The lowest BCUT2D eigenvalue weighted by Crippen LogP contribution is -2.48. The molecule has 1 N–H and O–H groups in total. The molecule has 2 aliphatic rings. The fourth-order valence-corrected chi connectivity index (χ4v) is 3.62. The molecular weight excluding hydrogens is 463 g/mol. The zero-order valence-electron chi connectivity index (χ0n) is 18.0. The molecule has 2 amide bonds. The first kappa shape index (κ1) is 23.7. The summed E-state index contributed by atoms with van der Waals surface area (Å²) in [5, 5.41) is 3.15. The van der Waals surface area contributed by atoms with Crippen LogP contribution in [0.15, 0.2) is 47.6 Å². The van der Waals surface area contributed by atoms with Crippen molar-refractivity contribution in [2.24, 2.45) is 5.10 Å². The normalized spacial score (nSPS) is 20.4. The van der Waals surface area contributed by atoms with Gasteiger partial charge >= 0.3 is 18.1 Å². The summed E-state index contributed by atoms with van der Waals surface area (Å²) in [5.41, 5.74) is 0.888. The van der Waals surface area contributed by atoms with Crippen molar-refractivity contribution in [3.8, 4) is 0 Å². The zero-order chi connectivity index (χ0) is 24.5. The Morgan fingerprint density at radius 1 is 1.18 bits per heavy atom. The van der Waals surface area contributed by atoms with Crippen molar-refractivity contribution in [2.75, 3.05) is 31.2 Å². The summed E-state index contributed by atoms with van der Waals surface area (Å²) in [6, 6.07) is 8.64. The van der Waals surface area contributed by atoms with E-state index in [0.717, 1.165) is 12.1 Å². The van der Waals surface area contributed by atoms with Gasteiger partial charge in [0.25, 0.3) is 0 Å². The molecule has 0 bridgehead atoms. The number of anilines is 1. The Morgan fingerprint density at radius 3 is 2.53 bits per heavy atom. The number of amides is 2. The zero-order valence-corrected chi connectivity index (χ0v) is 18.0. The summed E-state index contributed by atoms with van der Waals surface area (Å²) in [6.07, 6.45) is -4.80. The van der Waals surface area contributed by atoms with E-state index in [2.05, 4.69) is 10.5 Å². The van der Waals surface area contributed by atoms with Crippen LogP contribution in [-0.4, -0.2) is 49.3 Å². The molecule has 2 aromatic rings. The van der Waals surface area contributed by atoms with Crippen LogP contribution in [0.25, 0.3) is 0 Å². The molecule has 0 aromatic heterocycles. The number of carbonyl (C=O) groups is 1. The van der Waals surface area contributed by atoms with Gasteiger partial charge in [0.2, 0.25) is 5.72 Å². The lowest BCUT2D eigenvalue weighted by Gasteiger charge is -2.33. The monoisotopic (exact) mass is 484 g/mol. The van der Waals surface area contributed by atoms with Crippen molar-refractivity contribution in [1.82, 2.24) is 10.3 Å². The van der Waals surface area contributed by atoms with Gasteiger partial charge in [-0.2, -0.15) is 13.2 Å². The van der Waals surface area contributed by atoms with E-state index in [0.29, 0.717) is 26.3 Å². The topological polar surface area (TPSA) is 66.4 Å². The molecule has 1 atom stereocenters. The number of nitrogens with zero attached hydrogens (tertiary/aromatic N) is 3. The first-order chi connectivity index (χ1) is 16.1. The minimum absolute atomic E-state index is 0.0635. The SMILES string of the molecule is CC1(c2ccc(CN(C(=O)N3CCOCC3)c3cccc(F)c3)c(F)c2)NN=C(C(F)(F)F)O1. The van der Waals surface area contributed by atoms with Gasteiger partial charge in [0.05, 0.1) is 19.8 Å². The van der Waals surface area contributed by atoms with Gasteiger partial charge in [-0.1, -0.05) is 18.2 Å². The fourth-order valence-electron chi connectivity index (χ4n) is 3.62. The number of hydrogen-bond donors (Lipinski definition) is 1. The highest BCUT2D eigenvalue weighted by Crippen LogP contribution is 2.33. The van der Waals surface area contributed by atoms with E-state index in [-0.39, 0.29) is 23.4 Å². The van der Waals surface area contributed by atoms with Gasteiger partial charge < -0.3 is 14.4 Å². The average Bonchev–Trinajstić information content (AvgIpc) is 3.22. The second kappa shape index (κ2) is 9.09. The molecule has 1 unspecified atom stereocenters. The van der Waals surface area contributed by atoms with Crippen molar-refractivity contribution < 1.29 is 36.2 Å². The number of halogens is 5. The molecule has 2 aromatic carbocycles. The van der Waals surface area contributed by atoms with Crippen LogP contribution in [0.2, 0.25) is 0 Å². The number of alkyl halides is 3. The van der Waals surface area contributed by atoms with Crippen molar-refractivity contribution in [3.05, 3.63) is 65.2 Å². The number of rotatable bonds is 4. The highest BCUT2D eigenvalue weighted by atomic mass is 19.4. The Labute approximate surface area is 191 Å². The summed E-state index contributed by atoms with van der Waals surface area (Å²) in [5.74, 6) is -2.81. The van der Waals surface area contributed by atoms with E-state index in [1.54, 1.807) is 0 Å². The Balaban J connectivity index is 1.59. The van der Waals surface area contributed by atoms with Crippen LogP contribution in [0.3, 0.4) is 0 Å². The predicted molar refractivity (Wildman–Crippen MR) is 112 cm³/mol. The van der Waals surface area contributed by atoms with Gasteiger partial charge in [0.15, 0.2) is 0 Å². The van der Waals surface area contributed by atoms with Gasteiger partial charge in [0, 0.05) is 36.8 Å². The first-order valence-electron chi connectivity index (χ1n) is 10.4. The molecule has 1 fully saturated rings. The molecule has 2 aliphatic heterocycles. The van der Waals surface area contributed by atoms with E-state index in [1.165, 1.54) is 47.1 Å². The largest absolute Gasteiger partial charge is 0.470 e. The number of ether oxygens (including phenoxy) is 2. The summed E-state index contributed by atoms with van der Waals surface area (Å²) in [4.78, 5) is 15.9. The number of hydrogen-bond acceptors (Lipinski definition) is 5. The Morgan fingerprint density at radius 2 is 1.91 bits per heavy atom. The smallest absolute Gasteiger partial charge is 0.441 e. The summed E-state index contributed by atoms with van der Waals surface area (Å²) in [6.45, 7) is 2.40. The van der Waals surface area contributed by atoms with E-state index in [9.17, 15) is 22.4 Å². The maximum absolute atomic E-state index is 15.1. The molecule has 182 valence electrons. The second-order valence-electron chi connectivity index (χ2n) is 7.92. The van der Waals surface area contributed by atoms with Crippen LogP contribution in [-0.2, 0) is 21.7 Å². The van der Waals surface area contributed by atoms with Gasteiger partial charge in [-0.15, -0.1) is 5.10 Å². The molecule has 0 spiro atoms. The third-order valence-electron chi connectivity index (χ3n) is 5.48. The molecule has 34 heavy (non-hydrogen) atoms. The number of benzene rings is 2. The highest BCUT2D eigenvalue weighted by molar-refractivity contribution is 5.92. The van der Waals surface area contributed by atoms with Crippen LogP contribution >= 0.6 is 0 Å². The quantitative estimate of drug-likeness (QED) is 0.664. The maximum Gasteiger partial charge on any atom is 0.470 e. The van der Waals surface area contributed by atoms with Gasteiger partial charge in [-0.3, -0.25) is 10.3 Å². The third kappa shape index (κ3) is 4.91. The van der Waals surface area contributed by atoms with Crippen LogP contribution < -0.4 is 10.3 Å². The fraction of sp³-hybridized carbons (Fsp3) is 0.364. The number of hydrazone groups is 1. The summed E-state index contributed by atoms with van der Waals surface area (Å²) < 4.78 is 77.8. The molecule has 1 saturated heterocycles. The van der Waals surface area contributed by atoms with Crippen LogP contribution in [0.5, 0.6) is 0 Å². The minimum Gasteiger partial charge on any atom is -0.441 e.